The summed E-state index contributed by atoms with van der Waals surface area (Å²) in [5.74, 6) is -0.955. The number of carbonyl (C=O) groups is 2. The van der Waals surface area contributed by atoms with Gasteiger partial charge in [0.2, 0.25) is 0 Å². The van der Waals surface area contributed by atoms with E-state index in [1.807, 2.05) is 30.3 Å². The van der Waals surface area contributed by atoms with E-state index < -0.39 is 12.0 Å². The Bertz CT molecular complexity index is 804. The van der Waals surface area contributed by atoms with Crippen molar-refractivity contribution in [2.24, 2.45) is 5.92 Å². The molecule has 4 rings (SSSR count). The van der Waals surface area contributed by atoms with Gasteiger partial charge in [-0.05, 0) is 30.7 Å². The molecule has 1 saturated heterocycles. The molecule has 0 radical (unpaired) electrons. The number of aliphatic carboxylic acids is 1. The van der Waals surface area contributed by atoms with Crippen LogP contribution < -0.4 is 0 Å². The molecule has 0 unspecified atom stereocenters. The van der Waals surface area contributed by atoms with Gasteiger partial charge in [-0.15, -0.1) is 5.10 Å². The maximum Gasteiger partial charge on any atom is 0.326 e. The minimum atomic E-state index is -0.926. The van der Waals surface area contributed by atoms with E-state index in [1.165, 1.54) is 0 Å². The van der Waals surface area contributed by atoms with Crippen LogP contribution in [0.15, 0.2) is 36.5 Å². The van der Waals surface area contributed by atoms with Crippen molar-refractivity contribution in [3.05, 3.63) is 47.8 Å². The quantitative estimate of drug-likeness (QED) is 0.909. The molecule has 26 heavy (non-hydrogen) atoms. The van der Waals surface area contributed by atoms with Crippen molar-refractivity contribution >= 4 is 11.9 Å². The summed E-state index contributed by atoms with van der Waals surface area (Å²) >= 11 is 0. The van der Waals surface area contributed by atoms with Gasteiger partial charge in [0.05, 0.1) is 12.7 Å². The van der Waals surface area contributed by atoms with Gasteiger partial charge < -0.3 is 10.0 Å². The smallest absolute Gasteiger partial charge is 0.326 e. The van der Waals surface area contributed by atoms with Crippen LogP contribution in [0.4, 0.5) is 0 Å². The Balaban J connectivity index is 1.55. The first-order valence-electron chi connectivity index (χ1n) is 9.13. The number of amides is 1. The SMILES string of the molecule is O=C(O)[C@@H]1C[C@@H]2CCCC[C@H]2N1C(=O)c1cn(Cc2ccccc2)nn1. The van der Waals surface area contributed by atoms with Crippen LogP contribution in [0.3, 0.4) is 0 Å². The van der Waals surface area contributed by atoms with E-state index in [0.29, 0.717) is 13.0 Å². The Morgan fingerprint density at radius 3 is 2.69 bits per heavy atom. The number of fused-ring (bicyclic) bond motifs is 1. The number of carboxylic acids is 1. The van der Waals surface area contributed by atoms with Crippen LogP contribution in [0, 0.1) is 5.92 Å². The number of carbonyl (C=O) groups excluding carboxylic acids is 1. The zero-order valence-electron chi connectivity index (χ0n) is 14.5. The highest BCUT2D eigenvalue weighted by molar-refractivity contribution is 5.95. The highest BCUT2D eigenvalue weighted by Crippen LogP contribution is 2.40. The van der Waals surface area contributed by atoms with Gasteiger partial charge in [0, 0.05) is 6.04 Å². The zero-order chi connectivity index (χ0) is 18.1. The molecule has 1 saturated carbocycles. The summed E-state index contributed by atoms with van der Waals surface area (Å²) in [6.07, 6.45) is 6.19. The van der Waals surface area contributed by atoms with Crippen molar-refractivity contribution in [3.8, 4) is 0 Å². The number of aromatic nitrogens is 3. The van der Waals surface area contributed by atoms with Gasteiger partial charge in [-0.25, -0.2) is 9.48 Å². The molecule has 1 aromatic carbocycles. The molecule has 1 aromatic heterocycles. The van der Waals surface area contributed by atoms with E-state index >= 15 is 0 Å². The lowest BCUT2D eigenvalue weighted by Crippen LogP contribution is -2.46. The fourth-order valence-electron chi connectivity index (χ4n) is 4.35. The average molecular weight is 354 g/mol. The third kappa shape index (κ3) is 3.09. The first kappa shape index (κ1) is 16.8. The number of hydrogen-bond donors (Lipinski definition) is 1. The lowest BCUT2D eigenvalue weighted by molar-refractivity contribution is -0.141. The molecule has 1 aliphatic heterocycles. The van der Waals surface area contributed by atoms with Crippen LogP contribution in [0.25, 0.3) is 0 Å². The first-order valence-corrected chi connectivity index (χ1v) is 9.13. The number of nitrogens with zero attached hydrogens (tertiary/aromatic N) is 4. The van der Waals surface area contributed by atoms with Crippen molar-refractivity contribution in [1.82, 2.24) is 19.9 Å². The van der Waals surface area contributed by atoms with E-state index in [-0.39, 0.29) is 23.6 Å². The molecule has 2 aliphatic rings. The molecule has 136 valence electrons. The molecule has 7 heteroatoms. The molecular weight excluding hydrogens is 332 g/mol. The zero-order valence-corrected chi connectivity index (χ0v) is 14.5. The van der Waals surface area contributed by atoms with E-state index in [0.717, 1.165) is 31.2 Å². The summed E-state index contributed by atoms with van der Waals surface area (Å²) in [4.78, 5) is 26.3. The maximum absolute atomic E-state index is 13.0. The highest BCUT2D eigenvalue weighted by atomic mass is 16.4. The van der Waals surface area contributed by atoms with Crippen molar-refractivity contribution in [2.45, 2.75) is 50.7 Å². The van der Waals surface area contributed by atoms with Crippen LogP contribution in [0.1, 0.15) is 48.2 Å². The summed E-state index contributed by atoms with van der Waals surface area (Å²) in [7, 11) is 0. The van der Waals surface area contributed by atoms with E-state index in [4.69, 9.17) is 0 Å². The normalized spacial score (nSPS) is 25.1. The second kappa shape index (κ2) is 6.90. The van der Waals surface area contributed by atoms with Gasteiger partial charge in [0.25, 0.3) is 5.91 Å². The molecular formula is C19H22N4O3. The van der Waals surface area contributed by atoms with E-state index in [9.17, 15) is 14.7 Å². The van der Waals surface area contributed by atoms with E-state index in [1.54, 1.807) is 15.8 Å². The minimum absolute atomic E-state index is 0.0108. The molecule has 1 aliphatic carbocycles. The second-order valence-corrected chi connectivity index (χ2v) is 7.20. The molecule has 2 fully saturated rings. The van der Waals surface area contributed by atoms with Crippen LogP contribution in [-0.2, 0) is 11.3 Å². The average Bonchev–Trinajstić information content (AvgIpc) is 3.26. The van der Waals surface area contributed by atoms with Gasteiger partial charge in [-0.1, -0.05) is 48.4 Å². The fraction of sp³-hybridized carbons (Fsp3) is 0.474. The monoisotopic (exact) mass is 354 g/mol. The summed E-state index contributed by atoms with van der Waals surface area (Å²) in [6, 6.07) is 9.06. The van der Waals surface area contributed by atoms with Gasteiger partial charge >= 0.3 is 5.97 Å². The van der Waals surface area contributed by atoms with Gasteiger partial charge in [-0.2, -0.15) is 0 Å². The predicted octanol–water partition coefficient (Wildman–Crippen LogP) is 2.18. The van der Waals surface area contributed by atoms with Gasteiger partial charge in [0.15, 0.2) is 5.69 Å². The highest BCUT2D eigenvalue weighted by Gasteiger charge is 2.48. The molecule has 2 aromatic rings. The second-order valence-electron chi connectivity index (χ2n) is 7.20. The van der Waals surface area contributed by atoms with Crippen molar-refractivity contribution in [1.29, 1.82) is 0 Å². The van der Waals surface area contributed by atoms with Crippen LogP contribution in [0.2, 0.25) is 0 Å². The fourth-order valence-corrected chi connectivity index (χ4v) is 4.35. The Kier molecular flexibility index (Phi) is 4.44. The Labute approximate surface area is 151 Å². The van der Waals surface area contributed by atoms with Crippen molar-refractivity contribution < 1.29 is 14.7 Å². The molecule has 0 bridgehead atoms. The third-order valence-corrected chi connectivity index (χ3v) is 5.55. The van der Waals surface area contributed by atoms with Crippen LogP contribution >= 0.6 is 0 Å². The summed E-state index contributed by atoms with van der Waals surface area (Å²) in [6.45, 7) is 0.523. The first-order chi connectivity index (χ1) is 12.6. The summed E-state index contributed by atoms with van der Waals surface area (Å²) in [5, 5.41) is 17.7. The maximum atomic E-state index is 13.0. The van der Waals surface area contributed by atoms with Crippen LogP contribution in [-0.4, -0.2) is 49.0 Å². The number of hydrogen-bond acceptors (Lipinski definition) is 4. The minimum Gasteiger partial charge on any atom is -0.480 e. The molecule has 1 N–H and O–H groups in total. The molecule has 2 heterocycles. The number of benzene rings is 1. The molecule has 7 nitrogen and oxygen atoms in total. The standard InChI is InChI=1S/C19H22N4O3/c24-18(15-12-22(21-20-15)11-13-6-2-1-3-7-13)23-16-9-5-4-8-14(16)10-17(23)19(25)26/h1-3,6-7,12,14,16-17H,4-5,8-11H2,(H,25,26)/t14-,16+,17-/m0/s1. The number of carboxylic acid groups (broad SMARTS) is 1. The topological polar surface area (TPSA) is 88.3 Å². The Morgan fingerprint density at radius 2 is 1.92 bits per heavy atom. The summed E-state index contributed by atoms with van der Waals surface area (Å²) < 4.78 is 1.62. The van der Waals surface area contributed by atoms with E-state index in [2.05, 4.69) is 10.3 Å². The third-order valence-electron chi connectivity index (χ3n) is 5.55. The molecule has 0 spiro atoms. The Morgan fingerprint density at radius 1 is 1.15 bits per heavy atom. The Hall–Kier alpha value is -2.70. The lowest BCUT2D eigenvalue weighted by atomic mass is 9.84. The van der Waals surface area contributed by atoms with Crippen LogP contribution in [0.5, 0.6) is 0 Å². The molecule has 1 amide bonds. The van der Waals surface area contributed by atoms with Crippen molar-refractivity contribution in [3.63, 3.8) is 0 Å². The summed E-state index contributed by atoms with van der Waals surface area (Å²) in [5.41, 5.74) is 1.28. The van der Waals surface area contributed by atoms with Gasteiger partial charge in [0.1, 0.15) is 6.04 Å². The number of likely N-dealkylation sites (tertiary alicyclic amines) is 1. The van der Waals surface area contributed by atoms with Gasteiger partial charge in [-0.3, -0.25) is 4.79 Å². The predicted molar refractivity (Wildman–Crippen MR) is 93.5 cm³/mol. The van der Waals surface area contributed by atoms with Crippen molar-refractivity contribution in [2.75, 3.05) is 0 Å². The number of rotatable bonds is 4. The largest absolute Gasteiger partial charge is 0.480 e. The lowest BCUT2D eigenvalue weighted by Gasteiger charge is -2.32. The molecule has 3 atom stereocenters.